The van der Waals surface area contributed by atoms with Gasteiger partial charge in [-0.2, -0.15) is 0 Å². The third-order valence-corrected chi connectivity index (χ3v) is 7.43. The molecule has 24 heavy (non-hydrogen) atoms. The van der Waals surface area contributed by atoms with Gasteiger partial charge >= 0.3 is 0 Å². The Morgan fingerprint density at radius 2 is 1.71 bits per heavy atom. The third kappa shape index (κ3) is 2.65. The summed E-state index contributed by atoms with van der Waals surface area (Å²) in [6.45, 7) is 1.07. The molecule has 0 heterocycles. The number of halogens is 1. The second-order valence-electron chi connectivity index (χ2n) is 6.36. The number of hydrogen-bond acceptors (Lipinski definition) is 4. The van der Waals surface area contributed by atoms with E-state index in [1.54, 1.807) is 48.5 Å². The van der Waals surface area contributed by atoms with Crippen LogP contribution < -0.4 is 0 Å². The van der Waals surface area contributed by atoms with E-state index in [1.807, 2.05) is 6.92 Å². The highest BCUT2D eigenvalue weighted by Crippen LogP contribution is 2.63. The highest BCUT2D eigenvalue weighted by Gasteiger charge is 2.70. The molecule has 128 valence electrons. The summed E-state index contributed by atoms with van der Waals surface area (Å²) in [5.41, 5.74) is 0.590. The molecule has 0 unspecified atom stereocenters. The summed E-state index contributed by atoms with van der Waals surface area (Å²) in [4.78, 5) is 0.203. The first-order valence-corrected chi connectivity index (χ1v) is 9.57. The fourth-order valence-electron chi connectivity index (χ4n) is 3.45. The minimum atomic E-state index is -3.69. The van der Waals surface area contributed by atoms with Crippen molar-refractivity contribution in [3.8, 4) is 0 Å². The first-order valence-electron chi connectivity index (χ1n) is 7.64. The van der Waals surface area contributed by atoms with Gasteiger partial charge in [0.25, 0.3) is 0 Å². The quantitative estimate of drug-likeness (QED) is 0.852. The number of hydrogen-bond donors (Lipinski definition) is 2. The van der Waals surface area contributed by atoms with Crippen molar-refractivity contribution in [2.45, 2.75) is 23.0 Å². The standard InChI is InChI=1S/C18H19ClO4S/c1-12-5-7-15(8-6-12)24(22,23)17-16(18(17,10-20)11-21)13-3-2-4-14(19)9-13/h2-9,16-17,20-21H,10-11H2,1H3/t16-,17-/m0/s1. The zero-order valence-corrected chi connectivity index (χ0v) is 14.8. The van der Waals surface area contributed by atoms with E-state index in [-0.39, 0.29) is 4.90 Å². The molecule has 2 N–H and O–H groups in total. The number of rotatable bonds is 5. The minimum Gasteiger partial charge on any atom is -0.396 e. The Bertz CT molecular complexity index is 842. The second kappa shape index (κ2) is 6.15. The molecule has 0 radical (unpaired) electrons. The van der Waals surface area contributed by atoms with E-state index < -0.39 is 39.6 Å². The van der Waals surface area contributed by atoms with Crippen molar-refractivity contribution < 1.29 is 18.6 Å². The van der Waals surface area contributed by atoms with E-state index in [2.05, 4.69) is 0 Å². The Balaban J connectivity index is 2.06. The molecule has 2 aromatic rings. The van der Waals surface area contributed by atoms with E-state index in [9.17, 15) is 18.6 Å². The van der Waals surface area contributed by atoms with Crippen LogP contribution in [0, 0.1) is 12.3 Å². The lowest BCUT2D eigenvalue weighted by Crippen LogP contribution is -2.23. The number of aliphatic hydroxyl groups excluding tert-OH is 2. The van der Waals surface area contributed by atoms with Crippen molar-refractivity contribution in [1.82, 2.24) is 0 Å². The summed E-state index contributed by atoms with van der Waals surface area (Å²) in [5, 5.41) is 19.3. The molecule has 1 aliphatic rings. The van der Waals surface area contributed by atoms with Gasteiger partial charge in [-0.1, -0.05) is 41.4 Å². The van der Waals surface area contributed by atoms with Crippen LogP contribution in [0.5, 0.6) is 0 Å². The van der Waals surface area contributed by atoms with Gasteiger partial charge < -0.3 is 10.2 Å². The fourth-order valence-corrected chi connectivity index (χ4v) is 6.08. The summed E-state index contributed by atoms with van der Waals surface area (Å²) in [6, 6.07) is 13.5. The summed E-state index contributed by atoms with van der Waals surface area (Å²) >= 11 is 6.02. The van der Waals surface area contributed by atoms with Crippen molar-refractivity contribution in [2.24, 2.45) is 5.41 Å². The minimum absolute atomic E-state index is 0.203. The monoisotopic (exact) mass is 366 g/mol. The lowest BCUT2D eigenvalue weighted by atomic mass is 10.0. The molecule has 0 spiro atoms. The summed E-state index contributed by atoms with van der Waals surface area (Å²) in [7, 11) is -3.69. The number of benzene rings is 2. The average Bonchev–Trinajstić information content (AvgIpc) is 3.26. The lowest BCUT2D eigenvalue weighted by Gasteiger charge is -2.11. The molecule has 3 rings (SSSR count). The largest absolute Gasteiger partial charge is 0.396 e. The number of aryl methyl sites for hydroxylation is 1. The Morgan fingerprint density at radius 1 is 1.08 bits per heavy atom. The molecule has 0 aromatic heterocycles. The molecule has 4 nitrogen and oxygen atoms in total. The number of aliphatic hydroxyl groups is 2. The molecule has 6 heteroatoms. The fraction of sp³-hybridized carbons (Fsp3) is 0.333. The van der Waals surface area contributed by atoms with Gasteiger partial charge in [0, 0.05) is 16.4 Å². The second-order valence-corrected chi connectivity index (χ2v) is 8.87. The van der Waals surface area contributed by atoms with Gasteiger partial charge in [-0.05, 0) is 36.8 Å². The van der Waals surface area contributed by atoms with Gasteiger partial charge in [0.2, 0.25) is 0 Å². The van der Waals surface area contributed by atoms with Crippen LogP contribution in [0.15, 0.2) is 53.4 Å². The molecule has 2 aromatic carbocycles. The molecule has 0 amide bonds. The van der Waals surface area contributed by atoms with Crippen LogP contribution in [0.25, 0.3) is 0 Å². The maximum Gasteiger partial charge on any atom is 0.182 e. The molecule has 0 bridgehead atoms. The van der Waals surface area contributed by atoms with Crippen LogP contribution in [0.4, 0.5) is 0 Å². The first kappa shape index (κ1) is 17.4. The highest BCUT2D eigenvalue weighted by molar-refractivity contribution is 7.92. The third-order valence-electron chi connectivity index (χ3n) is 4.86. The van der Waals surface area contributed by atoms with E-state index in [0.717, 1.165) is 5.56 Å². The van der Waals surface area contributed by atoms with Crippen LogP contribution in [0.1, 0.15) is 17.0 Å². The molecule has 1 saturated carbocycles. The predicted molar refractivity (Wildman–Crippen MR) is 93.0 cm³/mol. The summed E-state index contributed by atoms with van der Waals surface area (Å²) in [6.07, 6.45) is 0. The zero-order valence-electron chi connectivity index (χ0n) is 13.2. The molecule has 2 atom stereocenters. The van der Waals surface area contributed by atoms with Gasteiger partial charge in [0.05, 0.1) is 23.4 Å². The first-order chi connectivity index (χ1) is 11.4. The maximum atomic E-state index is 13.1. The van der Waals surface area contributed by atoms with Crippen LogP contribution >= 0.6 is 11.6 Å². The maximum absolute atomic E-state index is 13.1. The zero-order chi connectivity index (χ0) is 17.5. The van der Waals surface area contributed by atoms with E-state index >= 15 is 0 Å². The van der Waals surface area contributed by atoms with Crippen LogP contribution in [0.2, 0.25) is 5.02 Å². The smallest absolute Gasteiger partial charge is 0.182 e. The van der Waals surface area contributed by atoms with Gasteiger partial charge in [0.15, 0.2) is 9.84 Å². The average molecular weight is 367 g/mol. The molecular weight excluding hydrogens is 348 g/mol. The van der Waals surface area contributed by atoms with Crippen molar-refractivity contribution >= 4 is 21.4 Å². The lowest BCUT2D eigenvalue weighted by molar-refractivity contribution is 0.130. The van der Waals surface area contributed by atoms with Crippen LogP contribution in [-0.4, -0.2) is 37.1 Å². The summed E-state index contributed by atoms with van der Waals surface area (Å²) < 4.78 is 26.1. The summed E-state index contributed by atoms with van der Waals surface area (Å²) in [5.74, 6) is -0.488. The van der Waals surface area contributed by atoms with Crippen LogP contribution in [0.3, 0.4) is 0 Å². The molecule has 1 fully saturated rings. The van der Waals surface area contributed by atoms with E-state index in [1.165, 1.54) is 0 Å². The molecule has 0 saturated heterocycles. The van der Waals surface area contributed by atoms with Crippen molar-refractivity contribution in [2.75, 3.05) is 13.2 Å². The SMILES string of the molecule is Cc1ccc(S(=O)(=O)[C@H]2[C@H](c3cccc(Cl)c3)C2(CO)CO)cc1. The number of sulfone groups is 1. The van der Waals surface area contributed by atoms with Gasteiger partial charge in [0.1, 0.15) is 0 Å². The normalized spacial score (nSPS) is 22.3. The Labute approximate surface area is 146 Å². The Morgan fingerprint density at radius 3 is 2.25 bits per heavy atom. The van der Waals surface area contributed by atoms with Crippen LogP contribution in [-0.2, 0) is 9.84 Å². The Hall–Kier alpha value is -1.40. The van der Waals surface area contributed by atoms with Gasteiger partial charge in [-0.3, -0.25) is 0 Å². The molecular formula is C18H19ClO4S. The van der Waals surface area contributed by atoms with Gasteiger partial charge in [-0.25, -0.2) is 8.42 Å². The topological polar surface area (TPSA) is 74.6 Å². The van der Waals surface area contributed by atoms with E-state index in [4.69, 9.17) is 11.6 Å². The molecule has 1 aliphatic carbocycles. The predicted octanol–water partition coefficient (Wildman–Crippen LogP) is 2.56. The Kier molecular flexibility index (Phi) is 4.47. The highest BCUT2D eigenvalue weighted by atomic mass is 35.5. The van der Waals surface area contributed by atoms with E-state index in [0.29, 0.717) is 10.6 Å². The van der Waals surface area contributed by atoms with Crippen molar-refractivity contribution in [3.05, 3.63) is 64.7 Å². The van der Waals surface area contributed by atoms with Gasteiger partial charge in [-0.15, -0.1) is 0 Å². The molecule has 0 aliphatic heterocycles. The van der Waals surface area contributed by atoms with Crippen molar-refractivity contribution in [3.63, 3.8) is 0 Å². The van der Waals surface area contributed by atoms with Crippen molar-refractivity contribution in [1.29, 1.82) is 0 Å².